The Balaban J connectivity index is 1.72. The maximum atomic E-state index is 5.24. The summed E-state index contributed by atoms with van der Waals surface area (Å²) in [5, 5.41) is 0. The van der Waals surface area contributed by atoms with Gasteiger partial charge < -0.3 is 4.52 Å². The summed E-state index contributed by atoms with van der Waals surface area (Å²) in [4.78, 5) is 0. The lowest BCUT2D eigenvalue weighted by Gasteiger charge is -2.61. The molecule has 11 heavy (non-hydrogen) atoms. The number of hydrogen-bond donors (Lipinski definition) is 0. The standard InChI is InChI=1S/C3H2O6P2/c1-2(5-10(4-1)6-2)3-7-11(8-3)9-3/h1H2. The molecule has 60 valence electrons. The van der Waals surface area contributed by atoms with Crippen molar-refractivity contribution in [2.45, 2.75) is 11.8 Å². The van der Waals surface area contributed by atoms with Crippen LogP contribution in [0.25, 0.3) is 0 Å². The Hall–Kier alpha value is 0.620. The molecular weight excluding hydrogens is 194 g/mol. The van der Waals surface area contributed by atoms with Gasteiger partial charge in [-0.05, 0) is 0 Å². The predicted molar refractivity (Wildman–Crippen MR) is 30.7 cm³/mol. The Bertz CT molecular complexity index is 215. The van der Waals surface area contributed by atoms with Crippen molar-refractivity contribution in [3.05, 3.63) is 0 Å². The molecule has 6 heterocycles. The molecule has 0 radical (unpaired) electrons. The second-order valence-corrected chi connectivity index (χ2v) is 4.55. The zero-order valence-electron chi connectivity index (χ0n) is 5.05. The van der Waals surface area contributed by atoms with Crippen LogP contribution in [0.3, 0.4) is 0 Å². The van der Waals surface area contributed by atoms with Gasteiger partial charge in [-0.1, -0.05) is 0 Å². The quantitative estimate of drug-likeness (QED) is 0.581. The molecule has 8 heteroatoms. The Labute approximate surface area is 63.6 Å². The fraction of sp³-hybridized carbons (Fsp3) is 1.00. The molecule has 0 N–H and O–H groups in total. The van der Waals surface area contributed by atoms with Gasteiger partial charge in [-0.25, -0.2) is 13.6 Å². The normalized spacial score (nSPS) is 69.8. The second-order valence-electron chi connectivity index (χ2n) is 2.49. The second kappa shape index (κ2) is 1.50. The summed E-state index contributed by atoms with van der Waals surface area (Å²) in [7, 11) is -2.17. The highest BCUT2D eigenvalue weighted by Gasteiger charge is 2.85. The van der Waals surface area contributed by atoms with Crippen LogP contribution in [-0.2, 0) is 27.1 Å². The Morgan fingerprint density at radius 3 is 2.00 bits per heavy atom. The van der Waals surface area contributed by atoms with Crippen LogP contribution >= 0.6 is 17.2 Å². The van der Waals surface area contributed by atoms with Crippen molar-refractivity contribution < 1.29 is 27.1 Å². The van der Waals surface area contributed by atoms with Crippen LogP contribution in [0.1, 0.15) is 0 Å². The highest BCUT2D eigenvalue weighted by Crippen LogP contribution is 2.83. The zero-order chi connectivity index (χ0) is 7.10. The Morgan fingerprint density at radius 1 is 0.909 bits per heavy atom. The first-order valence-electron chi connectivity index (χ1n) is 3.01. The average molecular weight is 196 g/mol. The van der Waals surface area contributed by atoms with Gasteiger partial charge in [0.15, 0.2) is 0 Å². The molecule has 0 spiro atoms. The fourth-order valence-electron chi connectivity index (χ4n) is 1.21. The van der Waals surface area contributed by atoms with Gasteiger partial charge in [0, 0.05) is 0 Å². The first-order chi connectivity index (χ1) is 5.32. The van der Waals surface area contributed by atoms with Crippen LogP contribution in [0.2, 0.25) is 0 Å². The van der Waals surface area contributed by atoms with Gasteiger partial charge in [0.2, 0.25) is 0 Å². The van der Waals surface area contributed by atoms with Crippen LogP contribution in [-0.4, -0.2) is 18.4 Å². The van der Waals surface area contributed by atoms with Crippen molar-refractivity contribution in [1.82, 2.24) is 0 Å². The lowest BCUT2D eigenvalue weighted by Crippen LogP contribution is -2.72. The van der Waals surface area contributed by atoms with Crippen LogP contribution in [0.15, 0.2) is 0 Å². The lowest BCUT2D eigenvalue weighted by molar-refractivity contribution is -0.505. The van der Waals surface area contributed by atoms with Crippen molar-refractivity contribution in [2.24, 2.45) is 0 Å². The average Bonchev–Trinajstić information content (AvgIpc) is 2.08. The minimum atomic E-state index is -1.11. The number of rotatable bonds is 1. The van der Waals surface area contributed by atoms with Crippen LogP contribution in [0, 0.1) is 0 Å². The van der Waals surface area contributed by atoms with Crippen molar-refractivity contribution in [3.8, 4) is 0 Å². The summed E-state index contributed by atoms with van der Waals surface area (Å²) in [6.45, 7) is 0.335. The summed E-state index contributed by atoms with van der Waals surface area (Å²) in [6, 6.07) is 0. The highest BCUT2D eigenvalue weighted by atomic mass is 31.2. The smallest absolute Gasteiger partial charge is 0.306 e. The molecule has 0 aliphatic carbocycles. The van der Waals surface area contributed by atoms with Gasteiger partial charge in [0.05, 0.1) is 0 Å². The molecule has 4 bridgehead atoms. The van der Waals surface area contributed by atoms with Gasteiger partial charge in [0.25, 0.3) is 5.79 Å². The molecule has 6 saturated heterocycles. The molecule has 0 aromatic rings. The summed E-state index contributed by atoms with van der Waals surface area (Å²) < 4.78 is 31.0. The van der Waals surface area contributed by atoms with Gasteiger partial charge in [-0.2, -0.15) is 0 Å². The number of hydrogen-bond acceptors (Lipinski definition) is 6. The third-order valence-electron chi connectivity index (χ3n) is 1.85. The van der Waals surface area contributed by atoms with E-state index in [1.807, 2.05) is 0 Å². The van der Waals surface area contributed by atoms with Crippen molar-refractivity contribution in [2.75, 3.05) is 6.61 Å². The predicted octanol–water partition coefficient (Wildman–Crippen LogP) is 0.944. The van der Waals surface area contributed by atoms with E-state index in [0.29, 0.717) is 6.61 Å². The third-order valence-corrected chi connectivity index (χ3v) is 4.25. The molecule has 6 aliphatic heterocycles. The summed E-state index contributed by atoms with van der Waals surface area (Å²) in [5.41, 5.74) is 0. The van der Waals surface area contributed by atoms with E-state index >= 15 is 0 Å². The maximum absolute atomic E-state index is 5.24. The molecule has 0 aromatic heterocycles. The van der Waals surface area contributed by atoms with Gasteiger partial charge in [-0.15, -0.1) is 0 Å². The van der Waals surface area contributed by atoms with Crippen LogP contribution < -0.4 is 0 Å². The molecule has 0 amide bonds. The Kier molecular flexibility index (Phi) is 0.835. The van der Waals surface area contributed by atoms with E-state index in [9.17, 15) is 0 Å². The van der Waals surface area contributed by atoms with Crippen molar-refractivity contribution >= 4 is 17.2 Å². The van der Waals surface area contributed by atoms with Gasteiger partial charge in [0.1, 0.15) is 6.61 Å². The summed E-state index contributed by atoms with van der Waals surface area (Å²) >= 11 is 0. The monoisotopic (exact) mass is 196 g/mol. The van der Waals surface area contributed by atoms with Gasteiger partial charge >= 0.3 is 23.2 Å². The van der Waals surface area contributed by atoms with E-state index in [-0.39, 0.29) is 0 Å². The minimum Gasteiger partial charge on any atom is -0.306 e. The van der Waals surface area contributed by atoms with E-state index in [4.69, 9.17) is 27.1 Å². The molecule has 0 aromatic carbocycles. The molecule has 6 nitrogen and oxygen atoms in total. The molecule has 0 atom stereocenters. The molecular formula is C3H2O6P2. The van der Waals surface area contributed by atoms with E-state index < -0.39 is 29.0 Å². The third kappa shape index (κ3) is 0.478. The first kappa shape index (κ1) is 6.13. The topological polar surface area (TPSA) is 55.4 Å². The summed E-state index contributed by atoms with van der Waals surface area (Å²) in [5.74, 6) is -1.98. The first-order valence-corrected chi connectivity index (χ1v) is 5.20. The minimum absolute atomic E-state index is 0.335. The number of fused-ring (bicyclic) bond motifs is 1. The van der Waals surface area contributed by atoms with E-state index in [1.54, 1.807) is 0 Å². The van der Waals surface area contributed by atoms with E-state index in [0.717, 1.165) is 0 Å². The Morgan fingerprint density at radius 2 is 1.64 bits per heavy atom. The molecule has 0 saturated carbocycles. The lowest BCUT2D eigenvalue weighted by atomic mass is 10.2. The molecule has 6 aliphatic rings. The van der Waals surface area contributed by atoms with Crippen LogP contribution in [0.4, 0.5) is 0 Å². The summed E-state index contributed by atoms with van der Waals surface area (Å²) in [6.07, 6.45) is 0. The van der Waals surface area contributed by atoms with E-state index in [2.05, 4.69) is 0 Å². The van der Waals surface area contributed by atoms with Crippen LogP contribution in [0.5, 0.6) is 0 Å². The molecule has 6 fully saturated rings. The fourth-order valence-corrected chi connectivity index (χ4v) is 3.47. The highest BCUT2D eigenvalue weighted by molar-refractivity contribution is 7.45. The zero-order valence-corrected chi connectivity index (χ0v) is 6.84. The van der Waals surface area contributed by atoms with Crippen molar-refractivity contribution in [1.29, 1.82) is 0 Å². The SMILES string of the molecule is C1OP2OC1(C13OP(O1)O3)O2. The largest absolute Gasteiger partial charge is 0.363 e. The van der Waals surface area contributed by atoms with Gasteiger partial charge in [-0.3, -0.25) is 9.05 Å². The van der Waals surface area contributed by atoms with Crippen molar-refractivity contribution in [3.63, 3.8) is 0 Å². The van der Waals surface area contributed by atoms with E-state index in [1.165, 1.54) is 0 Å². The molecule has 6 rings (SSSR count). The maximum Gasteiger partial charge on any atom is 0.363 e. The molecule has 0 unspecified atom stereocenters.